The Morgan fingerprint density at radius 2 is 2.35 bits per heavy atom. The van der Waals surface area contributed by atoms with E-state index < -0.39 is 0 Å². The van der Waals surface area contributed by atoms with Gasteiger partial charge in [0.15, 0.2) is 0 Å². The first kappa shape index (κ1) is 13.7. The normalized spacial score (nSPS) is 34.4. The SMILES string of the molecule is COCC(C)(C)NC1CCOC2(CCSC2)C1. The van der Waals surface area contributed by atoms with Crippen LogP contribution in [0.15, 0.2) is 0 Å². The fourth-order valence-electron chi connectivity index (χ4n) is 2.97. The van der Waals surface area contributed by atoms with Gasteiger partial charge in [0.1, 0.15) is 0 Å². The highest BCUT2D eigenvalue weighted by Crippen LogP contribution is 2.38. The Kier molecular flexibility index (Phi) is 4.40. The van der Waals surface area contributed by atoms with E-state index in [0.29, 0.717) is 6.04 Å². The van der Waals surface area contributed by atoms with Crippen LogP contribution in [0.5, 0.6) is 0 Å². The van der Waals surface area contributed by atoms with Crippen LogP contribution in [-0.4, -0.2) is 49.0 Å². The van der Waals surface area contributed by atoms with Crippen LogP contribution in [-0.2, 0) is 9.47 Å². The van der Waals surface area contributed by atoms with Crippen molar-refractivity contribution in [2.24, 2.45) is 0 Å². The molecule has 0 aromatic carbocycles. The Labute approximate surface area is 109 Å². The summed E-state index contributed by atoms with van der Waals surface area (Å²) in [5, 5.41) is 3.73. The Morgan fingerprint density at radius 1 is 1.53 bits per heavy atom. The maximum Gasteiger partial charge on any atom is 0.0795 e. The van der Waals surface area contributed by atoms with E-state index in [-0.39, 0.29) is 11.1 Å². The first-order chi connectivity index (χ1) is 8.05. The molecular formula is C13H25NO2S. The van der Waals surface area contributed by atoms with Gasteiger partial charge in [-0.1, -0.05) is 0 Å². The van der Waals surface area contributed by atoms with E-state index in [1.54, 1.807) is 7.11 Å². The molecule has 0 aromatic heterocycles. The third-order valence-electron chi connectivity index (χ3n) is 3.66. The Bertz CT molecular complexity index is 252. The molecule has 0 aromatic rings. The zero-order chi connectivity index (χ0) is 12.4. The molecule has 2 unspecified atom stereocenters. The predicted molar refractivity (Wildman–Crippen MR) is 72.7 cm³/mol. The first-order valence-electron chi connectivity index (χ1n) is 6.54. The smallest absolute Gasteiger partial charge is 0.0795 e. The van der Waals surface area contributed by atoms with Crippen LogP contribution in [0.25, 0.3) is 0 Å². The average molecular weight is 259 g/mol. The van der Waals surface area contributed by atoms with Gasteiger partial charge in [0.05, 0.1) is 12.2 Å². The lowest BCUT2D eigenvalue weighted by atomic mass is 9.88. The zero-order valence-corrected chi connectivity index (χ0v) is 12.1. The topological polar surface area (TPSA) is 30.5 Å². The van der Waals surface area contributed by atoms with Crippen molar-refractivity contribution in [3.05, 3.63) is 0 Å². The van der Waals surface area contributed by atoms with E-state index in [2.05, 4.69) is 19.2 Å². The Morgan fingerprint density at radius 3 is 3.00 bits per heavy atom. The molecule has 2 fully saturated rings. The quantitative estimate of drug-likeness (QED) is 0.837. The highest BCUT2D eigenvalue weighted by atomic mass is 32.2. The molecule has 1 spiro atoms. The minimum atomic E-state index is 0.0592. The number of hydrogen-bond acceptors (Lipinski definition) is 4. The van der Waals surface area contributed by atoms with Crippen molar-refractivity contribution in [1.29, 1.82) is 0 Å². The summed E-state index contributed by atoms with van der Waals surface area (Å²) in [6.45, 7) is 6.08. The zero-order valence-electron chi connectivity index (χ0n) is 11.3. The summed E-state index contributed by atoms with van der Waals surface area (Å²) in [7, 11) is 1.77. The van der Waals surface area contributed by atoms with Crippen LogP contribution in [0, 0.1) is 0 Å². The van der Waals surface area contributed by atoms with Gasteiger partial charge in [-0.05, 0) is 38.9 Å². The van der Waals surface area contributed by atoms with Crippen LogP contribution >= 0.6 is 11.8 Å². The second kappa shape index (κ2) is 5.47. The average Bonchev–Trinajstić information content (AvgIpc) is 2.65. The lowest BCUT2D eigenvalue weighted by Gasteiger charge is -2.41. The summed E-state index contributed by atoms with van der Waals surface area (Å²) in [5.74, 6) is 2.43. The van der Waals surface area contributed by atoms with E-state index in [9.17, 15) is 0 Å². The second-order valence-electron chi connectivity index (χ2n) is 5.99. The molecule has 3 nitrogen and oxygen atoms in total. The number of methoxy groups -OCH3 is 1. The first-order valence-corrected chi connectivity index (χ1v) is 7.69. The summed E-state index contributed by atoms with van der Waals surface area (Å²) in [6.07, 6.45) is 3.51. The van der Waals surface area contributed by atoms with Crippen molar-refractivity contribution in [3.8, 4) is 0 Å². The van der Waals surface area contributed by atoms with Gasteiger partial charge in [-0.25, -0.2) is 0 Å². The number of rotatable bonds is 4. The van der Waals surface area contributed by atoms with Gasteiger partial charge >= 0.3 is 0 Å². The highest BCUT2D eigenvalue weighted by molar-refractivity contribution is 7.99. The van der Waals surface area contributed by atoms with Crippen molar-refractivity contribution >= 4 is 11.8 Å². The van der Waals surface area contributed by atoms with E-state index in [0.717, 1.165) is 26.1 Å². The minimum absolute atomic E-state index is 0.0592. The predicted octanol–water partition coefficient (Wildman–Crippen LogP) is 2.06. The van der Waals surface area contributed by atoms with Crippen molar-refractivity contribution < 1.29 is 9.47 Å². The molecule has 100 valence electrons. The van der Waals surface area contributed by atoms with Crippen molar-refractivity contribution in [2.45, 2.75) is 50.3 Å². The van der Waals surface area contributed by atoms with Crippen molar-refractivity contribution in [1.82, 2.24) is 5.32 Å². The largest absolute Gasteiger partial charge is 0.383 e. The van der Waals surface area contributed by atoms with Gasteiger partial charge in [0.25, 0.3) is 0 Å². The Hall–Kier alpha value is 0.230. The number of ether oxygens (including phenoxy) is 2. The molecule has 1 N–H and O–H groups in total. The third-order valence-corrected chi connectivity index (χ3v) is 4.88. The molecule has 0 bridgehead atoms. The van der Waals surface area contributed by atoms with Crippen LogP contribution in [0.4, 0.5) is 0 Å². The highest BCUT2D eigenvalue weighted by Gasteiger charge is 2.41. The van der Waals surface area contributed by atoms with Crippen LogP contribution in [0.3, 0.4) is 0 Å². The molecule has 17 heavy (non-hydrogen) atoms. The lowest BCUT2D eigenvalue weighted by Crippen LogP contribution is -2.54. The number of thioether (sulfide) groups is 1. The van der Waals surface area contributed by atoms with Gasteiger partial charge in [-0.2, -0.15) is 11.8 Å². The second-order valence-corrected chi connectivity index (χ2v) is 7.09. The summed E-state index contributed by atoms with van der Waals surface area (Å²) in [6, 6.07) is 0.576. The molecular weight excluding hydrogens is 234 g/mol. The van der Waals surface area contributed by atoms with E-state index in [1.165, 1.54) is 17.9 Å². The third kappa shape index (κ3) is 3.60. The molecule has 2 aliphatic heterocycles. The maximum absolute atomic E-state index is 6.04. The van der Waals surface area contributed by atoms with Crippen LogP contribution in [0.2, 0.25) is 0 Å². The van der Waals surface area contributed by atoms with Gasteiger partial charge in [0.2, 0.25) is 0 Å². The molecule has 0 radical (unpaired) electrons. The summed E-state index contributed by atoms with van der Waals surface area (Å²) in [4.78, 5) is 0. The molecule has 0 amide bonds. The van der Waals surface area contributed by atoms with Crippen LogP contribution < -0.4 is 5.32 Å². The lowest BCUT2D eigenvalue weighted by molar-refractivity contribution is -0.0745. The summed E-state index contributed by atoms with van der Waals surface area (Å²) in [5.41, 5.74) is 0.230. The van der Waals surface area contributed by atoms with Gasteiger partial charge < -0.3 is 14.8 Å². The fourth-order valence-corrected chi connectivity index (χ4v) is 4.35. The maximum atomic E-state index is 6.04. The molecule has 2 saturated heterocycles. The number of nitrogens with one attached hydrogen (secondary N) is 1. The van der Waals surface area contributed by atoms with Crippen LogP contribution in [0.1, 0.15) is 33.1 Å². The van der Waals surface area contributed by atoms with E-state index in [1.807, 2.05) is 11.8 Å². The molecule has 2 heterocycles. The molecule has 2 aliphatic rings. The molecule has 0 saturated carbocycles. The van der Waals surface area contributed by atoms with Gasteiger partial charge in [0, 0.05) is 31.1 Å². The fraction of sp³-hybridized carbons (Fsp3) is 1.00. The standard InChI is InChI=1S/C13H25NO2S/c1-12(2,9-15-3)14-11-4-6-16-13(8-11)5-7-17-10-13/h11,14H,4-10H2,1-3H3. The Balaban J connectivity index is 1.89. The van der Waals surface area contributed by atoms with Gasteiger partial charge in [-0.15, -0.1) is 0 Å². The molecule has 4 heteroatoms. The van der Waals surface area contributed by atoms with Gasteiger partial charge in [-0.3, -0.25) is 0 Å². The summed E-state index contributed by atoms with van der Waals surface area (Å²) >= 11 is 2.03. The van der Waals surface area contributed by atoms with Crippen molar-refractivity contribution in [2.75, 3.05) is 31.8 Å². The number of hydrogen-bond donors (Lipinski definition) is 1. The van der Waals surface area contributed by atoms with Crippen molar-refractivity contribution in [3.63, 3.8) is 0 Å². The molecule has 2 rings (SSSR count). The molecule has 2 atom stereocenters. The molecule has 0 aliphatic carbocycles. The summed E-state index contributed by atoms with van der Waals surface area (Å²) < 4.78 is 11.3. The van der Waals surface area contributed by atoms with E-state index >= 15 is 0 Å². The van der Waals surface area contributed by atoms with E-state index in [4.69, 9.17) is 9.47 Å². The monoisotopic (exact) mass is 259 g/mol. The minimum Gasteiger partial charge on any atom is -0.383 e.